The highest BCUT2D eigenvalue weighted by Gasteiger charge is 2.40. The fourth-order valence-corrected chi connectivity index (χ4v) is 3.87. The van der Waals surface area contributed by atoms with Gasteiger partial charge in [-0.1, -0.05) is 30.3 Å². The predicted molar refractivity (Wildman–Crippen MR) is 134 cm³/mol. The molecule has 2 amide bonds. The summed E-state index contributed by atoms with van der Waals surface area (Å²) in [7, 11) is 1.56. The number of nitrogens with one attached hydrogen (secondary N) is 1. The largest absolute Gasteiger partial charge is 0.495 e. The lowest BCUT2D eigenvalue weighted by atomic mass is 10.0. The monoisotopic (exact) mass is 456 g/mol. The molecule has 0 aromatic heterocycles. The fourth-order valence-electron chi connectivity index (χ4n) is 3.87. The van der Waals surface area contributed by atoms with Crippen LogP contribution in [-0.4, -0.2) is 25.0 Å². The Labute approximate surface area is 199 Å². The molecule has 4 rings (SSSR count). The van der Waals surface area contributed by atoms with Gasteiger partial charge in [0.15, 0.2) is 0 Å². The summed E-state index contributed by atoms with van der Waals surface area (Å²) < 4.78 is 11.2. The zero-order valence-electron chi connectivity index (χ0n) is 20.0. The smallest absolute Gasteiger partial charge is 0.282 e. The van der Waals surface area contributed by atoms with Crippen LogP contribution in [0, 0.1) is 13.8 Å². The molecule has 3 aromatic carbocycles. The number of nitrogens with zero attached hydrogens (tertiary/aromatic N) is 1. The van der Waals surface area contributed by atoms with Gasteiger partial charge in [0.1, 0.15) is 17.2 Å². The van der Waals surface area contributed by atoms with Gasteiger partial charge in [-0.3, -0.25) is 9.59 Å². The van der Waals surface area contributed by atoms with Crippen LogP contribution in [0.15, 0.2) is 72.4 Å². The Morgan fingerprint density at radius 2 is 1.56 bits per heavy atom. The van der Waals surface area contributed by atoms with Crippen LogP contribution in [0.1, 0.15) is 30.5 Å². The van der Waals surface area contributed by atoms with Crippen LogP contribution in [-0.2, 0) is 9.59 Å². The van der Waals surface area contributed by atoms with E-state index in [0.29, 0.717) is 34.0 Å². The van der Waals surface area contributed by atoms with Crippen molar-refractivity contribution in [1.29, 1.82) is 0 Å². The van der Waals surface area contributed by atoms with E-state index < -0.39 is 5.91 Å². The van der Waals surface area contributed by atoms with E-state index in [4.69, 9.17) is 9.47 Å². The van der Waals surface area contributed by atoms with Crippen molar-refractivity contribution in [1.82, 2.24) is 0 Å². The quantitative estimate of drug-likeness (QED) is 0.476. The molecule has 0 bridgehead atoms. The van der Waals surface area contributed by atoms with Crippen molar-refractivity contribution in [2.24, 2.45) is 0 Å². The predicted octanol–water partition coefficient (Wildman–Crippen LogP) is 5.50. The number of methoxy groups -OCH3 is 1. The van der Waals surface area contributed by atoms with Crippen LogP contribution in [0.3, 0.4) is 0 Å². The molecular weight excluding hydrogens is 428 g/mol. The van der Waals surface area contributed by atoms with E-state index >= 15 is 0 Å². The van der Waals surface area contributed by atoms with Gasteiger partial charge in [0, 0.05) is 0 Å². The number of imide groups is 1. The first-order chi connectivity index (χ1) is 16.3. The minimum atomic E-state index is -0.420. The van der Waals surface area contributed by atoms with Crippen molar-refractivity contribution in [3.05, 3.63) is 89.1 Å². The number of ether oxygens (including phenoxy) is 2. The number of rotatable bonds is 7. The summed E-state index contributed by atoms with van der Waals surface area (Å²) in [6.07, 6.45) is 0.0304. The number of amides is 2. The van der Waals surface area contributed by atoms with E-state index in [1.54, 1.807) is 49.6 Å². The molecule has 1 aliphatic heterocycles. The van der Waals surface area contributed by atoms with Crippen molar-refractivity contribution in [3.63, 3.8) is 0 Å². The van der Waals surface area contributed by atoms with Gasteiger partial charge in [-0.2, -0.15) is 0 Å². The fraction of sp³-hybridized carbons (Fsp3) is 0.214. The molecule has 0 aliphatic carbocycles. The van der Waals surface area contributed by atoms with Gasteiger partial charge in [0.05, 0.1) is 30.2 Å². The summed E-state index contributed by atoms with van der Waals surface area (Å²) in [6.45, 7) is 7.85. The molecule has 6 nitrogen and oxygen atoms in total. The van der Waals surface area contributed by atoms with Crippen LogP contribution < -0.4 is 19.7 Å². The summed E-state index contributed by atoms with van der Waals surface area (Å²) in [4.78, 5) is 28.5. The molecule has 0 saturated heterocycles. The minimum Gasteiger partial charge on any atom is -0.495 e. The summed E-state index contributed by atoms with van der Waals surface area (Å²) in [6, 6.07) is 20.0. The highest BCUT2D eigenvalue weighted by Crippen LogP contribution is 2.36. The molecule has 1 heterocycles. The number of benzene rings is 3. The topological polar surface area (TPSA) is 67.9 Å². The van der Waals surface area contributed by atoms with Crippen LogP contribution >= 0.6 is 0 Å². The molecule has 1 aliphatic rings. The molecule has 3 aromatic rings. The third-order valence-electron chi connectivity index (χ3n) is 5.71. The SMILES string of the molecule is COc1ccccc1NC1=C(c2ccc(OC(C)C)cc2)C(=O)N(c2ccc(C)c(C)c2)C1=O. The Balaban J connectivity index is 1.81. The zero-order chi connectivity index (χ0) is 24.4. The summed E-state index contributed by atoms with van der Waals surface area (Å²) in [5, 5.41) is 3.17. The van der Waals surface area contributed by atoms with E-state index in [1.807, 2.05) is 52.0 Å². The van der Waals surface area contributed by atoms with Gasteiger partial charge in [-0.25, -0.2) is 4.90 Å². The summed E-state index contributed by atoms with van der Waals surface area (Å²) >= 11 is 0. The van der Waals surface area contributed by atoms with Crippen LogP contribution in [0.2, 0.25) is 0 Å². The zero-order valence-corrected chi connectivity index (χ0v) is 20.0. The molecule has 6 heteroatoms. The van der Waals surface area contributed by atoms with Crippen LogP contribution in [0.5, 0.6) is 11.5 Å². The molecule has 174 valence electrons. The Bertz CT molecular complexity index is 1280. The first kappa shape index (κ1) is 23.1. The summed E-state index contributed by atoms with van der Waals surface area (Å²) in [5.41, 5.74) is 4.34. The first-order valence-corrected chi connectivity index (χ1v) is 11.2. The van der Waals surface area contributed by atoms with Crippen molar-refractivity contribution in [2.75, 3.05) is 17.3 Å². The molecule has 0 unspecified atom stereocenters. The van der Waals surface area contributed by atoms with Gasteiger partial charge < -0.3 is 14.8 Å². The van der Waals surface area contributed by atoms with E-state index in [1.165, 1.54) is 4.90 Å². The lowest BCUT2D eigenvalue weighted by Crippen LogP contribution is -2.32. The molecule has 0 atom stereocenters. The third-order valence-corrected chi connectivity index (χ3v) is 5.71. The molecule has 1 N–H and O–H groups in total. The minimum absolute atomic E-state index is 0.0304. The van der Waals surface area contributed by atoms with Gasteiger partial charge in [-0.15, -0.1) is 0 Å². The Morgan fingerprint density at radius 3 is 2.21 bits per heavy atom. The molecular formula is C28H28N2O4. The van der Waals surface area contributed by atoms with Crippen molar-refractivity contribution < 1.29 is 19.1 Å². The lowest BCUT2D eigenvalue weighted by molar-refractivity contribution is -0.120. The summed E-state index contributed by atoms with van der Waals surface area (Å²) in [5.74, 6) is 0.459. The first-order valence-electron chi connectivity index (χ1n) is 11.2. The van der Waals surface area contributed by atoms with E-state index in [2.05, 4.69) is 5.32 Å². The van der Waals surface area contributed by atoms with E-state index in [0.717, 1.165) is 11.1 Å². The van der Waals surface area contributed by atoms with Crippen LogP contribution in [0.4, 0.5) is 11.4 Å². The number of carbonyl (C=O) groups excluding carboxylic acids is 2. The number of anilines is 2. The van der Waals surface area contributed by atoms with Gasteiger partial charge in [-0.05, 0) is 80.8 Å². The number of para-hydroxylation sites is 2. The van der Waals surface area contributed by atoms with E-state index in [-0.39, 0.29) is 17.7 Å². The number of carbonyl (C=O) groups is 2. The third kappa shape index (κ3) is 4.39. The van der Waals surface area contributed by atoms with E-state index in [9.17, 15) is 9.59 Å². The average Bonchev–Trinajstić information content (AvgIpc) is 3.05. The molecule has 34 heavy (non-hydrogen) atoms. The standard InChI is InChI=1S/C28H28N2O4/c1-17(2)34-22-14-11-20(12-15-22)25-26(29-23-8-6-7-9-24(23)33-5)28(32)30(27(25)31)21-13-10-18(3)19(4)16-21/h6-17,29H,1-5H3. The van der Waals surface area contributed by atoms with Crippen molar-refractivity contribution in [2.45, 2.75) is 33.8 Å². The Kier molecular flexibility index (Phi) is 6.41. The second kappa shape index (κ2) is 9.43. The normalized spacial score (nSPS) is 13.6. The highest BCUT2D eigenvalue weighted by molar-refractivity contribution is 6.46. The molecule has 0 radical (unpaired) electrons. The number of aryl methyl sites for hydroxylation is 2. The highest BCUT2D eigenvalue weighted by atomic mass is 16.5. The van der Waals surface area contributed by atoms with Gasteiger partial charge >= 0.3 is 0 Å². The number of hydrogen-bond acceptors (Lipinski definition) is 5. The Hall–Kier alpha value is -4.06. The average molecular weight is 457 g/mol. The maximum absolute atomic E-state index is 13.7. The maximum atomic E-state index is 13.7. The number of hydrogen-bond donors (Lipinski definition) is 1. The second-order valence-electron chi connectivity index (χ2n) is 8.48. The lowest BCUT2D eigenvalue weighted by Gasteiger charge is -2.17. The molecule has 0 fully saturated rings. The molecule has 0 spiro atoms. The Morgan fingerprint density at radius 1 is 0.853 bits per heavy atom. The maximum Gasteiger partial charge on any atom is 0.282 e. The van der Waals surface area contributed by atoms with Gasteiger partial charge in [0.2, 0.25) is 0 Å². The second-order valence-corrected chi connectivity index (χ2v) is 8.48. The van der Waals surface area contributed by atoms with Crippen molar-refractivity contribution >= 4 is 28.8 Å². The van der Waals surface area contributed by atoms with Crippen molar-refractivity contribution in [3.8, 4) is 11.5 Å². The van der Waals surface area contributed by atoms with Crippen LogP contribution in [0.25, 0.3) is 5.57 Å². The molecule has 0 saturated carbocycles. The van der Waals surface area contributed by atoms with Gasteiger partial charge in [0.25, 0.3) is 11.8 Å².